The summed E-state index contributed by atoms with van der Waals surface area (Å²) in [7, 11) is 1.90. The standard InChI is InChI=1S/C20H12N7/c1-27-6-4-13(5-7-27)18-12-25-19-16(14(8-21)9-22)2-3-17(20(19)26-18)15(10-23)11-24/h2-7,12,16-17H,1H3. The number of rotatable bonds is 3. The zero-order valence-corrected chi connectivity index (χ0v) is 14.3. The maximum absolute atomic E-state index is 9.28. The Hall–Kier alpha value is -4.11. The first-order valence-corrected chi connectivity index (χ1v) is 7.97. The summed E-state index contributed by atoms with van der Waals surface area (Å²) in [5.74, 6) is 0.585. The van der Waals surface area contributed by atoms with Gasteiger partial charge >= 0.3 is 0 Å². The number of hydrogen-bond acceptors (Lipinski definition) is 5. The van der Waals surface area contributed by atoms with Crippen molar-refractivity contribution in [2.45, 2.75) is 11.8 Å². The number of allylic oxidation sites excluding steroid dienone is 3. The fourth-order valence-corrected chi connectivity index (χ4v) is 2.89. The van der Waals surface area contributed by atoms with Crippen LogP contribution in [0.4, 0.5) is 0 Å². The lowest BCUT2D eigenvalue weighted by atomic mass is 9.80. The third-order valence-corrected chi connectivity index (χ3v) is 4.29. The molecular weight excluding hydrogens is 338 g/mol. The molecule has 0 aliphatic heterocycles. The van der Waals surface area contributed by atoms with Gasteiger partial charge in [-0.05, 0) is 0 Å². The summed E-state index contributed by atoms with van der Waals surface area (Å²) in [6.07, 6.45) is 8.57. The van der Waals surface area contributed by atoms with Crippen molar-refractivity contribution in [1.82, 2.24) is 9.97 Å². The Morgan fingerprint density at radius 1 is 1.04 bits per heavy atom. The molecule has 2 heterocycles. The maximum atomic E-state index is 9.28. The van der Waals surface area contributed by atoms with Crippen molar-refractivity contribution < 1.29 is 4.57 Å². The molecule has 0 saturated heterocycles. The molecule has 1 radical (unpaired) electrons. The van der Waals surface area contributed by atoms with Crippen molar-refractivity contribution in [2.75, 3.05) is 0 Å². The molecule has 2 atom stereocenters. The molecule has 1 aliphatic rings. The Morgan fingerprint density at radius 2 is 1.70 bits per heavy atom. The van der Waals surface area contributed by atoms with Gasteiger partial charge in [0.1, 0.15) is 13.1 Å². The number of nitriles is 3. The van der Waals surface area contributed by atoms with Crippen molar-refractivity contribution >= 4 is 5.87 Å². The van der Waals surface area contributed by atoms with Crippen molar-refractivity contribution in [3.63, 3.8) is 0 Å². The quantitative estimate of drug-likeness (QED) is 0.362. The van der Waals surface area contributed by atoms with Gasteiger partial charge in [-0.25, -0.2) is 9.55 Å². The largest absolute Gasteiger partial charge is 0.762 e. The molecule has 0 amide bonds. The van der Waals surface area contributed by atoms with Crippen LogP contribution in [0.2, 0.25) is 0 Å². The molecule has 0 saturated carbocycles. The third-order valence-electron chi connectivity index (χ3n) is 4.29. The molecule has 2 aromatic rings. The second kappa shape index (κ2) is 7.42. The molecule has 127 valence electrons. The number of aromatic nitrogens is 3. The van der Waals surface area contributed by atoms with E-state index in [0.717, 1.165) is 5.56 Å². The summed E-state index contributed by atoms with van der Waals surface area (Å²) in [5.41, 5.74) is 2.21. The first-order valence-electron chi connectivity index (χ1n) is 7.97. The predicted molar refractivity (Wildman–Crippen MR) is 95.2 cm³/mol. The molecule has 0 aromatic carbocycles. The zero-order chi connectivity index (χ0) is 19.4. The Labute approximate surface area is 156 Å². The van der Waals surface area contributed by atoms with Gasteiger partial charge < -0.3 is 5.41 Å². The molecule has 2 unspecified atom stereocenters. The minimum atomic E-state index is -0.655. The lowest BCUT2D eigenvalue weighted by Gasteiger charge is -2.25. The van der Waals surface area contributed by atoms with Crippen LogP contribution in [0.15, 0.2) is 48.4 Å². The summed E-state index contributed by atoms with van der Waals surface area (Å²) in [4.78, 5) is 9.08. The SMILES string of the molecule is C[n+]1ccc(-c2cnc3c(n2)C(C(=C=[N-])C#N)C=CC3[C](C#N)C#N)cc1. The van der Waals surface area contributed by atoms with Crippen molar-refractivity contribution in [1.29, 1.82) is 15.8 Å². The fraction of sp³-hybridized carbons (Fsp3) is 0.150. The number of aryl methyl sites for hydroxylation is 1. The van der Waals surface area contributed by atoms with Crippen LogP contribution in [0, 0.1) is 39.9 Å². The molecule has 7 heteroatoms. The van der Waals surface area contributed by atoms with E-state index in [2.05, 4.69) is 9.97 Å². The molecule has 0 N–H and O–H groups in total. The van der Waals surface area contributed by atoms with Gasteiger partial charge in [-0.15, -0.1) is 0 Å². The normalized spacial score (nSPS) is 17.1. The molecule has 0 bridgehead atoms. The van der Waals surface area contributed by atoms with Gasteiger partial charge in [0, 0.05) is 17.7 Å². The van der Waals surface area contributed by atoms with E-state index in [1.54, 1.807) is 18.3 Å². The van der Waals surface area contributed by atoms with Gasteiger partial charge in [0.2, 0.25) is 0 Å². The Balaban J connectivity index is 2.18. The molecule has 0 fully saturated rings. The Morgan fingerprint density at radius 3 is 2.30 bits per heavy atom. The maximum Gasteiger partial charge on any atom is 0.188 e. The van der Waals surface area contributed by atoms with Crippen LogP contribution in [-0.2, 0) is 7.05 Å². The second-order valence-corrected chi connectivity index (χ2v) is 5.89. The number of hydrogen-bond donors (Lipinski definition) is 0. The number of fused-ring (bicyclic) bond motifs is 1. The van der Waals surface area contributed by atoms with Gasteiger partial charge in [0.25, 0.3) is 0 Å². The summed E-state index contributed by atoms with van der Waals surface area (Å²) >= 11 is 0. The minimum absolute atomic E-state index is 0.0183. The highest BCUT2D eigenvalue weighted by molar-refractivity contribution is 5.71. The number of nitrogens with zero attached hydrogens (tertiary/aromatic N) is 7. The van der Waals surface area contributed by atoms with E-state index in [4.69, 9.17) is 0 Å². The first kappa shape index (κ1) is 17.7. The highest BCUT2D eigenvalue weighted by Crippen LogP contribution is 2.39. The average Bonchev–Trinajstić information content (AvgIpc) is 2.71. The van der Waals surface area contributed by atoms with E-state index in [-0.39, 0.29) is 11.5 Å². The first-order chi connectivity index (χ1) is 13.1. The smallest absolute Gasteiger partial charge is 0.188 e. The molecule has 2 aromatic heterocycles. The van der Waals surface area contributed by atoms with E-state index in [0.29, 0.717) is 17.1 Å². The van der Waals surface area contributed by atoms with Gasteiger partial charge in [-0.3, -0.25) is 10.9 Å². The lowest BCUT2D eigenvalue weighted by molar-refractivity contribution is -0.671. The van der Waals surface area contributed by atoms with Crippen LogP contribution in [0.3, 0.4) is 0 Å². The topological polar surface area (TPSA) is 123 Å². The van der Waals surface area contributed by atoms with Crippen molar-refractivity contribution in [3.05, 3.63) is 71.2 Å². The molecule has 27 heavy (non-hydrogen) atoms. The Bertz CT molecular complexity index is 1070. The van der Waals surface area contributed by atoms with E-state index < -0.39 is 11.8 Å². The summed E-state index contributed by atoms with van der Waals surface area (Å²) < 4.78 is 1.88. The van der Waals surface area contributed by atoms with Crippen molar-refractivity contribution in [2.24, 2.45) is 7.05 Å². The van der Waals surface area contributed by atoms with E-state index in [1.807, 2.05) is 60.2 Å². The zero-order valence-electron chi connectivity index (χ0n) is 14.3. The monoisotopic (exact) mass is 350 g/mol. The van der Waals surface area contributed by atoms with Gasteiger partial charge in [0.15, 0.2) is 18.3 Å². The van der Waals surface area contributed by atoms with Crippen molar-refractivity contribution in [3.8, 4) is 29.5 Å². The summed E-state index contributed by atoms with van der Waals surface area (Å²) in [6, 6.07) is 9.42. The minimum Gasteiger partial charge on any atom is -0.762 e. The molecule has 1 aliphatic carbocycles. The molecule has 0 spiro atoms. The summed E-state index contributed by atoms with van der Waals surface area (Å²) in [5, 5.41) is 37.0. The third kappa shape index (κ3) is 3.22. The highest BCUT2D eigenvalue weighted by Gasteiger charge is 2.33. The van der Waals surface area contributed by atoms with Crippen LogP contribution in [0.5, 0.6) is 0 Å². The van der Waals surface area contributed by atoms with Gasteiger partial charge in [0.05, 0.1) is 52.8 Å². The highest BCUT2D eigenvalue weighted by atomic mass is 14.9. The van der Waals surface area contributed by atoms with Gasteiger partial charge in [-0.2, -0.15) is 15.8 Å². The van der Waals surface area contributed by atoms with E-state index >= 15 is 0 Å². The van der Waals surface area contributed by atoms with Crippen LogP contribution in [0.1, 0.15) is 23.2 Å². The van der Waals surface area contributed by atoms with E-state index in [9.17, 15) is 21.2 Å². The lowest BCUT2D eigenvalue weighted by Crippen LogP contribution is -2.25. The van der Waals surface area contributed by atoms with Crippen LogP contribution in [0.25, 0.3) is 16.7 Å². The molecule has 7 nitrogen and oxygen atoms in total. The Kier molecular flexibility index (Phi) is 4.86. The van der Waals surface area contributed by atoms with Gasteiger partial charge in [-0.1, -0.05) is 12.2 Å². The average molecular weight is 350 g/mol. The molecular formula is C20H12N7. The fourth-order valence-electron chi connectivity index (χ4n) is 2.89. The van der Waals surface area contributed by atoms with Crippen LogP contribution in [-0.4, -0.2) is 15.8 Å². The second-order valence-electron chi connectivity index (χ2n) is 5.89. The molecule has 3 rings (SSSR count). The summed E-state index contributed by atoms with van der Waals surface area (Å²) in [6.45, 7) is 0. The number of pyridine rings is 1. The van der Waals surface area contributed by atoms with E-state index in [1.165, 1.54) is 0 Å². The van der Waals surface area contributed by atoms with Crippen LogP contribution < -0.4 is 4.57 Å². The predicted octanol–water partition coefficient (Wildman–Crippen LogP) is 2.02. The van der Waals surface area contributed by atoms with Crippen LogP contribution >= 0.6 is 0 Å².